The molecule has 2 rings (SSSR count). The molecule has 1 amide bonds. The first-order chi connectivity index (χ1) is 11.4. The van der Waals surface area contributed by atoms with Gasteiger partial charge in [-0.2, -0.15) is 5.10 Å². The molecule has 0 saturated carbocycles. The van der Waals surface area contributed by atoms with E-state index in [4.69, 9.17) is 0 Å². The minimum Gasteiger partial charge on any atom is -0.322 e. The van der Waals surface area contributed by atoms with Crippen molar-refractivity contribution in [1.29, 1.82) is 0 Å². The van der Waals surface area contributed by atoms with Gasteiger partial charge in [0.25, 0.3) is 5.91 Å². The number of aromatic nitrogens is 2. The monoisotopic (exact) mass is 328 g/mol. The van der Waals surface area contributed by atoms with E-state index in [1.807, 2.05) is 35.9 Å². The molecule has 1 heterocycles. The highest BCUT2D eigenvalue weighted by Crippen LogP contribution is 2.21. The summed E-state index contributed by atoms with van der Waals surface area (Å²) in [7, 11) is 0. The number of nitrogens with one attached hydrogen (secondary N) is 2. The molecule has 0 saturated heterocycles. The molecule has 5 heteroatoms. The van der Waals surface area contributed by atoms with E-state index in [1.54, 1.807) is 6.20 Å². The third kappa shape index (κ3) is 4.23. The van der Waals surface area contributed by atoms with Gasteiger partial charge in [0.15, 0.2) is 0 Å². The third-order valence-corrected chi connectivity index (χ3v) is 3.85. The van der Waals surface area contributed by atoms with E-state index in [2.05, 4.69) is 43.4 Å². The molecule has 0 unspecified atom stereocenters. The van der Waals surface area contributed by atoms with Crippen LogP contribution in [0.5, 0.6) is 0 Å². The van der Waals surface area contributed by atoms with E-state index in [9.17, 15) is 4.79 Å². The largest absolute Gasteiger partial charge is 0.322 e. The summed E-state index contributed by atoms with van der Waals surface area (Å²) < 4.78 is 1.93. The van der Waals surface area contributed by atoms with Crippen LogP contribution in [0, 0.1) is 0 Å². The van der Waals surface area contributed by atoms with E-state index in [0.717, 1.165) is 36.5 Å². The Morgan fingerprint density at radius 3 is 2.62 bits per heavy atom. The molecule has 0 aliphatic carbocycles. The normalized spacial score (nSPS) is 11.5. The van der Waals surface area contributed by atoms with Crippen LogP contribution in [-0.2, 0) is 18.5 Å². The van der Waals surface area contributed by atoms with Gasteiger partial charge in [-0.05, 0) is 51.4 Å². The van der Waals surface area contributed by atoms with Crippen molar-refractivity contribution >= 4 is 11.6 Å². The topological polar surface area (TPSA) is 58.9 Å². The molecule has 5 nitrogen and oxygen atoms in total. The summed E-state index contributed by atoms with van der Waals surface area (Å²) in [6.45, 7) is 12.1. The Hall–Kier alpha value is -2.14. The van der Waals surface area contributed by atoms with Crippen LogP contribution in [0.1, 0.15) is 56.2 Å². The summed E-state index contributed by atoms with van der Waals surface area (Å²) in [5.41, 5.74) is 3.42. The molecule has 0 aliphatic rings. The zero-order valence-electron chi connectivity index (χ0n) is 15.3. The van der Waals surface area contributed by atoms with E-state index in [0.29, 0.717) is 5.56 Å². The van der Waals surface area contributed by atoms with E-state index in [1.165, 1.54) is 0 Å². The highest BCUT2D eigenvalue weighted by molar-refractivity contribution is 6.05. The average molecular weight is 328 g/mol. The van der Waals surface area contributed by atoms with Crippen molar-refractivity contribution in [3.63, 3.8) is 0 Å². The predicted octanol–water partition coefficient (Wildman–Crippen LogP) is 3.56. The second-order valence-corrected chi connectivity index (χ2v) is 6.88. The van der Waals surface area contributed by atoms with Crippen molar-refractivity contribution in [1.82, 2.24) is 15.1 Å². The molecule has 0 aliphatic heterocycles. The van der Waals surface area contributed by atoms with Crippen LogP contribution in [0.2, 0.25) is 0 Å². The molecule has 0 fully saturated rings. The van der Waals surface area contributed by atoms with Crippen LogP contribution in [0.25, 0.3) is 0 Å². The Morgan fingerprint density at radius 2 is 2.00 bits per heavy atom. The van der Waals surface area contributed by atoms with Gasteiger partial charge in [-0.3, -0.25) is 9.48 Å². The van der Waals surface area contributed by atoms with Crippen molar-refractivity contribution < 1.29 is 4.79 Å². The molecular formula is C19H28N4O. The van der Waals surface area contributed by atoms with Gasteiger partial charge in [-0.1, -0.05) is 26.0 Å². The Bertz CT molecular complexity index is 698. The lowest BCUT2D eigenvalue weighted by atomic mass is 10.1. The maximum atomic E-state index is 12.7. The molecule has 0 atom stereocenters. The molecule has 0 spiro atoms. The third-order valence-electron chi connectivity index (χ3n) is 3.85. The van der Waals surface area contributed by atoms with Crippen LogP contribution in [0.3, 0.4) is 0 Å². The fraction of sp³-hybridized carbons (Fsp3) is 0.474. The van der Waals surface area contributed by atoms with E-state index >= 15 is 0 Å². The van der Waals surface area contributed by atoms with Crippen molar-refractivity contribution in [2.75, 3.05) is 11.9 Å². The van der Waals surface area contributed by atoms with Crippen LogP contribution < -0.4 is 10.6 Å². The van der Waals surface area contributed by atoms with Gasteiger partial charge in [0.2, 0.25) is 0 Å². The fourth-order valence-corrected chi connectivity index (χ4v) is 2.71. The minimum absolute atomic E-state index is 0.108. The quantitative estimate of drug-likeness (QED) is 0.852. The SMILES string of the molecule is CCNCc1cccc(NC(=O)c2cnn(C(C)(C)C)c2CC)c1. The number of anilines is 1. The van der Waals surface area contributed by atoms with E-state index < -0.39 is 0 Å². The maximum Gasteiger partial charge on any atom is 0.259 e. The Labute approximate surface area is 144 Å². The zero-order chi connectivity index (χ0) is 17.7. The minimum atomic E-state index is -0.143. The van der Waals surface area contributed by atoms with Gasteiger partial charge in [-0.25, -0.2) is 0 Å². The summed E-state index contributed by atoms with van der Waals surface area (Å²) in [5.74, 6) is -0.108. The highest BCUT2D eigenvalue weighted by atomic mass is 16.1. The van der Waals surface area contributed by atoms with Gasteiger partial charge in [-0.15, -0.1) is 0 Å². The predicted molar refractivity (Wildman–Crippen MR) is 98.4 cm³/mol. The second-order valence-electron chi connectivity index (χ2n) is 6.88. The number of carbonyl (C=O) groups is 1. The Morgan fingerprint density at radius 1 is 1.25 bits per heavy atom. The van der Waals surface area contributed by atoms with Gasteiger partial charge in [0, 0.05) is 12.2 Å². The van der Waals surface area contributed by atoms with Crippen molar-refractivity contribution in [2.24, 2.45) is 0 Å². The second kappa shape index (κ2) is 7.62. The van der Waals surface area contributed by atoms with Gasteiger partial charge in [0.05, 0.1) is 23.0 Å². The van der Waals surface area contributed by atoms with Crippen LogP contribution in [0.15, 0.2) is 30.5 Å². The first-order valence-corrected chi connectivity index (χ1v) is 8.55. The molecule has 0 bridgehead atoms. The number of benzene rings is 1. The van der Waals surface area contributed by atoms with Crippen LogP contribution in [-0.4, -0.2) is 22.2 Å². The summed E-state index contributed by atoms with van der Waals surface area (Å²) in [4.78, 5) is 12.7. The molecule has 2 N–H and O–H groups in total. The lowest BCUT2D eigenvalue weighted by molar-refractivity contribution is 0.102. The number of hydrogen-bond donors (Lipinski definition) is 2. The van der Waals surface area contributed by atoms with Gasteiger partial charge >= 0.3 is 0 Å². The van der Waals surface area contributed by atoms with Crippen molar-refractivity contribution in [2.45, 2.75) is 53.1 Å². The summed E-state index contributed by atoms with van der Waals surface area (Å²) in [5, 5.41) is 10.7. The fourth-order valence-electron chi connectivity index (χ4n) is 2.71. The van der Waals surface area contributed by atoms with Gasteiger partial charge < -0.3 is 10.6 Å². The first kappa shape index (κ1) is 18.2. The molecule has 1 aromatic carbocycles. The van der Waals surface area contributed by atoms with Crippen molar-refractivity contribution in [3.05, 3.63) is 47.3 Å². The van der Waals surface area contributed by atoms with Crippen LogP contribution in [0.4, 0.5) is 5.69 Å². The zero-order valence-corrected chi connectivity index (χ0v) is 15.3. The standard InChI is InChI=1S/C19H28N4O/c1-6-17-16(13-21-23(17)19(3,4)5)18(24)22-15-10-8-9-14(11-15)12-20-7-2/h8-11,13,20H,6-7,12H2,1-5H3,(H,22,24). The molecule has 1 aromatic heterocycles. The summed E-state index contributed by atoms with van der Waals surface area (Å²) >= 11 is 0. The lowest BCUT2D eigenvalue weighted by Gasteiger charge is -2.22. The molecule has 24 heavy (non-hydrogen) atoms. The summed E-state index contributed by atoms with van der Waals surface area (Å²) in [6, 6.07) is 7.92. The van der Waals surface area contributed by atoms with Crippen molar-refractivity contribution in [3.8, 4) is 0 Å². The smallest absolute Gasteiger partial charge is 0.259 e. The number of hydrogen-bond acceptors (Lipinski definition) is 3. The van der Waals surface area contributed by atoms with Crippen LogP contribution >= 0.6 is 0 Å². The van der Waals surface area contributed by atoms with E-state index in [-0.39, 0.29) is 11.4 Å². The number of carbonyl (C=O) groups excluding carboxylic acids is 1. The first-order valence-electron chi connectivity index (χ1n) is 8.55. The highest BCUT2D eigenvalue weighted by Gasteiger charge is 2.23. The number of nitrogens with zero attached hydrogens (tertiary/aromatic N) is 2. The Kier molecular flexibility index (Phi) is 5.78. The molecule has 130 valence electrons. The Balaban J connectivity index is 2.20. The molecule has 0 radical (unpaired) electrons. The average Bonchev–Trinajstić information content (AvgIpc) is 2.97. The lowest BCUT2D eigenvalue weighted by Crippen LogP contribution is -2.26. The summed E-state index contributed by atoms with van der Waals surface area (Å²) in [6.07, 6.45) is 2.43. The number of rotatable bonds is 6. The maximum absolute atomic E-state index is 12.7. The molecular weight excluding hydrogens is 300 g/mol. The van der Waals surface area contributed by atoms with Gasteiger partial charge in [0.1, 0.15) is 0 Å². The molecule has 2 aromatic rings. The number of amides is 1.